The standard InChI is InChI=1S/C16H15ClN2O/c1-10-3-2-4-13(16(10)20)15-9-14(18-19-15)11-5-7-12(17)8-6-11/h2-8,15,19-20H,9H2,1H3. The van der Waals surface area contributed by atoms with E-state index in [0.717, 1.165) is 28.8 Å². The summed E-state index contributed by atoms with van der Waals surface area (Å²) in [6, 6.07) is 13.4. The molecule has 0 spiro atoms. The summed E-state index contributed by atoms with van der Waals surface area (Å²) >= 11 is 5.89. The lowest BCUT2D eigenvalue weighted by molar-refractivity contribution is 0.451. The average molecular weight is 287 g/mol. The lowest BCUT2D eigenvalue weighted by Crippen LogP contribution is -2.10. The van der Waals surface area contributed by atoms with Crippen LogP contribution in [0.1, 0.15) is 29.2 Å². The van der Waals surface area contributed by atoms with Gasteiger partial charge in [-0.1, -0.05) is 41.9 Å². The van der Waals surface area contributed by atoms with E-state index in [2.05, 4.69) is 10.5 Å². The fraction of sp³-hybridized carbons (Fsp3) is 0.188. The number of phenols is 1. The number of rotatable bonds is 2. The molecular weight excluding hydrogens is 272 g/mol. The fourth-order valence-electron chi connectivity index (χ4n) is 2.41. The fourth-order valence-corrected chi connectivity index (χ4v) is 2.53. The summed E-state index contributed by atoms with van der Waals surface area (Å²) in [7, 11) is 0. The van der Waals surface area contributed by atoms with Gasteiger partial charge < -0.3 is 10.5 Å². The molecule has 0 amide bonds. The zero-order valence-corrected chi connectivity index (χ0v) is 11.9. The van der Waals surface area contributed by atoms with E-state index in [4.69, 9.17) is 11.6 Å². The number of para-hydroxylation sites is 1. The van der Waals surface area contributed by atoms with Crippen molar-refractivity contribution < 1.29 is 5.11 Å². The lowest BCUT2D eigenvalue weighted by atomic mass is 9.97. The van der Waals surface area contributed by atoms with Crippen molar-refractivity contribution in [2.24, 2.45) is 5.10 Å². The van der Waals surface area contributed by atoms with Crippen molar-refractivity contribution in [1.82, 2.24) is 5.43 Å². The molecule has 1 atom stereocenters. The number of hydrogen-bond donors (Lipinski definition) is 2. The Morgan fingerprint density at radius 3 is 2.70 bits per heavy atom. The van der Waals surface area contributed by atoms with Gasteiger partial charge in [0, 0.05) is 17.0 Å². The molecule has 0 saturated carbocycles. The van der Waals surface area contributed by atoms with Gasteiger partial charge in [0.15, 0.2) is 0 Å². The number of benzene rings is 2. The first-order valence-electron chi connectivity index (χ1n) is 6.51. The Hall–Kier alpha value is -2.00. The summed E-state index contributed by atoms with van der Waals surface area (Å²) in [6.45, 7) is 1.90. The van der Waals surface area contributed by atoms with Crippen molar-refractivity contribution in [2.75, 3.05) is 0 Å². The average Bonchev–Trinajstić information content (AvgIpc) is 2.92. The van der Waals surface area contributed by atoms with Gasteiger partial charge in [-0.15, -0.1) is 0 Å². The Morgan fingerprint density at radius 2 is 1.95 bits per heavy atom. The monoisotopic (exact) mass is 286 g/mol. The minimum absolute atomic E-state index is 0.0144. The third-order valence-corrected chi connectivity index (χ3v) is 3.83. The van der Waals surface area contributed by atoms with Crippen molar-refractivity contribution in [3.8, 4) is 5.75 Å². The number of aryl methyl sites for hydroxylation is 1. The van der Waals surface area contributed by atoms with Crippen LogP contribution >= 0.6 is 11.6 Å². The molecule has 1 heterocycles. The number of hydrazone groups is 1. The maximum absolute atomic E-state index is 10.1. The van der Waals surface area contributed by atoms with Crippen LogP contribution in [0.2, 0.25) is 5.02 Å². The first-order chi connectivity index (χ1) is 9.65. The predicted molar refractivity (Wildman–Crippen MR) is 81.3 cm³/mol. The van der Waals surface area contributed by atoms with Crippen LogP contribution in [0.4, 0.5) is 0 Å². The minimum Gasteiger partial charge on any atom is -0.507 e. The van der Waals surface area contributed by atoms with E-state index in [1.807, 2.05) is 49.4 Å². The largest absolute Gasteiger partial charge is 0.507 e. The smallest absolute Gasteiger partial charge is 0.123 e. The molecule has 4 heteroatoms. The van der Waals surface area contributed by atoms with E-state index in [9.17, 15) is 5.11 Å². The molecule has 2 N–H and O–H groups in total. The predicted octanol–water partition coefficient (Wildman–Crippen LogP) is 3.79. The van der Waals surface area contributed by atoms with E-state index < -0.39 is 0 Å². The van der Waals surface area contributed by atoms with Gasteiger partial charge in [0.25, 0.3) is 0 Å². The maximum atomic E-state index is 10.1. The zero-order chi connectivity index (χ0) is 14.1. The summed E-state index contributed by atoms with van der Waals surface area (Å²) in [6.07, 6.45) is 0.749. The van der Waals surface area contributed by atoms with Crippen molar-refractivity contribution in [3.63, 3.8) is 0 Å². The molecule has 0 fully saturated rings. The second-order valence-corrected chi connectivity index (χ2v) is 5.40. The minimum atomic E-state index is 0.0144. The first kappa shape index (κ1) is 13.0. The Morgan fingerprint density at radius 1 is 1.20 bits per heavy atom. The van der Waals surface area contributed by atoms with Crippen molar-refractivity contribution in [1.29, 1.82) is 0 Å². The highest BCUT2D eigenvalue weighted by Crippen LogP contribution is 2.32. The third-order valence-electron chi connectivity index (χ3n) is 3.57. The van der Waals surface area contributed by atoms with Crippen LogP contribution in [-0.2, 0) is 0 Å². The Balaban J connectivity index is 1.82. The van der Waals surface area contributed by atoms with Gasteiger partial charge in [0.1, 0.15) is 5.75 Å². The second-order valence-electron chi connectivity index (χ2n) is 4.96. The van der Waals surface area contributed by atoms with Crippen molar-refractivity contribution in [3.05, 3.63) is 64.2 Å². The van der Waals surface area contributed by atoms with Gasteiger partial charge in [0.2, 0.25) is 0 Å². The molecule has 102 valence electrons. The van der Waals surface area contributed by atoms with Gasteiger partial charge in [-0.05, 0) is 30.2 Å². The normalized spacial score (nSPS) is 17.7. The van der Waals surface area contributed by atoms with Crippen LogP contribution < -0.4 is 5.43 Å². The molecule has 3 nitrogen and oxygen atoms in total. The second kappa shape index (κ2) is 5.17. The van der Waals surface area contributed by atoms with E-state index >= 15 is 0 Å². The zero-order valence-electron chi connectivity index (χ0n) is 11.1. The Kier molecular flexibility index (Phi) is 3.36. The number of hydrogen-bond acceptors (Lipinski definition) is 3. The Labute approximate surface area is 122 Å². The van der Waals surface area contributed by atoms with Gasteiger partial charge in [0.05, 0.1) is 11.8 Å². The van der Waals surface area contributed by atoms with Crippen LogP contribution in [0.15, 0.2) is 47.6 Å². The molecule has 20 heavy (non-hydrogen) atoms. The summed E-state index contributed by atoms with van der Waals surface area (Å²) in [5.41, 5.74) is 6.90. The maximum Gasteiger partial charge on any atom is 0.123 e. The quantitative estimate of drug-likeness (QED) is 0.882. The van der Waals surface area contributed by atoms with E-state index in [1.165, 1.54) is 0 Å². The van der Waals surface area contributed by atoms with Crippen LogP contribution in [0.3, 0.4) is 0 Å². The number of aromatic hydroxyl groups is 1. The van der Waals surface area contributed by atoms with Gasteiger partial charge in [-0.2, -0.15) is 5.10 Å². The molecule has 0 radical (unpaired) electrons. The number of halogens is 1. The molecule has 0 bridgehead atoms. The number of nitrogens with zero attached hydrogens (tertiary/aromatic N) is 1. The van der Waals surface area contributed by atoms with Crippen molar-refractivity contribution in [2.45, 2.75) is 19.4 Å². The van der Waals surface area contributed by atoms with Gasteiger partial charge >= 0.3 is 0 Å². The summed E-state index contributed by atoms with van der Waals surface area (Å²) < 4.78 is 0. The van der Waals surface area contributed by atoms with Crippen molar-refractivity contribution >= 4 is 17.3 Å². The topological polar surface area (TPSA) is 44.6 Å². The van der Waals surface area contributed by atoms with Gasteiger partial charge in [-0.3, -0.25) is 0 Å². The van der Waals surface area contributed by atoms with Crippen LogP contribution in [0, 0.1) is 6.92 Å². The first-order valence-corrected chi connectivity index (χ1v) is 6.89. The molecule has 2 aromatic rings. The molecule has 2 aromatic carbocycles. The lowest BCUT2D eigenvalue weighted by Gasteiger charge is -2.13. The van der Waals surface area contributed by atoms with E-state index in [-0.39, 0.29) is 6.04 Å². The molecular formula is C16H15ClN2O. The number of phenolic OH excluding ortho intramolecular Hbond substituents is 1. The van der Waals surface area contributed by atoms with Crippen LogP contribution in [0.5, 0.6) is 5.75 Å². The molecule has 1 aliphatic rings. The van der Waals surface area contributed by atoms with E-state index in [0.29, 0.717) is 10.8 Å². The highest BCUT2D eigenvalue weighted by Gasteiger charge is 2.23. The summed E-state index contributed by atoms with van der Waals surface area (Å²) in [5.74, 6) is 0.345. The van der Waals surface area contributed by atoms with Crippen LogP contribution in [0.25, 0.3) is 0 Å². The highest BCUT2D eigenvalue weighted by atomic mass is 35.5. The Bertz CT molecular complexity index is 665. The van der Waals surface area contributed by atoms with E-state index in [1.54, 1.807) is 0 Å². The number of nitrogens with one attached hydrogen (secondary N) is 1. The molecule has 3 rings (SSSR count). The summed E-state index contributed by atoms with van der Waals surface area (Å²) in [5, 5.41) is 15.2. The molecule has 1 aliphatic heterocycles. The highest BCUT2D eigenvalue weighted by molar-refractivity contribution is 6.30. The SMILES string of the molecule is Cc1cccc(C2CC(c3ccc(Cl)cc3)=NN2)c1O. The molecule has 0 aliphatic carbocycles. The van der Waals surface area contributed by atoms with Gasteiger partial charge in [-0.25, -0.2) is 0 Å². The summed E-state index contributed by atoms with van der Waals surface area (Å²) in [4.78, 5) is 0. The molecule has 0 aromatic heterocycles. The van der Waals surface area contributed by atoms with Crippen LogP contribution in [-0.4, -0.2) is 10.8 Å². The molecule has 1 unspecified atom stereocenters. The third kappa shape index (κ3) is 2.37. The molecule has 0 saturated heterocycles.